The number of hydrogen-bond donors (Lipinski definition) is 2. The minimum Gasteiger partial charge on any atom is -0.427 e. The summed E-state index contributed by atoms with van der Waals surface area (Å²) in [5.41, 5.74) is 1.22. The highest BCUT2D eigenvalue weighted by Crippen LogP contribution is 2.47. The molecule has 4 rings (SSSR count). The Hall–Kier alpha value is -3.25. The van der Waals surface area contributed by atoms with Gasteiger partial charge in [-0.05, 0) is 34.1 Å². The number of imidazole rings is 1. The zero-order chi connectivity index (χ0) is 24.8. The van der Waals surface area contributed by atoms with Crippen molar-refractivity contribution >= 4 is 46.0 Å². The number of fused-ring (bicyclic) bond motifs is 2. The molecule has 4 heterocycles. The molecule has 2 aliphatic heterocycles. The van der Waals surface area contributed by atoms with Crippen LogP contribution in [-0.2, 0) is 35.2 Å². The molecule has 2 aromatic rings. The third-order valence-electron chi connectivity index (χ3n) is 5.91. The Morgan fingerprint density at radius 3 is 2.76 bits per heavy atom. The number of aromatic nitrogens is 2. The van der Waals surface area contributed by atoms with E-state index in [-0.39, 0.29) is 24.2 Å². The number of carbonyl (C=O) groups excluding carboxylic acids is 4. The molecule has 2 aromatic heterocycles. The minimum absolute atomic E-state index is 0.0691. The van der Waals surface area contributed by atoms with Crippen LogP contribution in [0.4, 0.5) is 0 Å². The largest absolute Gasteiger partial charge is 0.427 e. The minimum atomic E-state index is -0.866. The van der Waals surface area contributed by atoms with Gasteiger partial charge in [0.25, 0.3) is 0 Å². The lowest BCUT2D eigenvalue weighted by Crippen LogP contribution is -2.61. The lowest BCUT2D eigenvalue weighted by atomic mass is 9.83. The number of carbonyl (C=O) groups is 4. The molecule has 1 saturated heterocycles. The molecule has 3 atom stereocenters. The first-order valence-electron chi connectivity index (χ1n) is 10.8. The van der Waals surface area contributed by atoms with Gasteiger partial charge in [-0.15, -0.1) is 11.3 Å². The van der Waals surface area contributed by atoms with Gasteiger partial charge in [0.2, 0.25) is 19.1 Å². The molecule has 1 fully saturated rings. The number of nitrogens with one attached hydrogen (secondary N) is 1. The molecular weight excluding hydrogens is 464 g/mol. The zero-order valence-corrected chi connectivity index (χ0v) is 20.0. The SMILES string of the molecule is C[C@@H](O)[C@H]1C(=O)N2C(C(=O)OCOC(=O)C(C)(C)C)=C(c3csc4c(CNC=O)ncn34)C[C@H]12. The lowest BCUT2D eigenvalue weighted by molar-refractivity contribution is -0.175. The van der Waals surface area contributed by atoms with Crippen molar-refractivity contribution in [3.63, 3.8) is 0 Å². The lowest BCUT2D eigenvalue weighted by Gasteiger charge is -2.44. The Kier molecular flexibility index (Phi) is 6.21. The van der Waals surface area contributed by atoms with Crippen LogP contribution in [0, 0.1) is 11.3 Å². The van der Waals surface area contributed by atoms with Gasteiger partial charge < -0.3 is 24.8 Å². The first kappa shape index (κ1) is 23.9. The molecule has 0 radical (unpaired) electrons. The molecule has 2 aliphatic rings. The van der Waals surface area contributed by atoms with E-state index in [9.17, 15) is 24.3 Å². The van der Waals surface area contributed by atoms with Gasteiger partial charge in [-0.3, -0.25) is 18.8 Å². The summed E-state index contributed by atoms with van der Waals surface area (Å²) < 4.78 is 12.1. The fraction of sp³-hybridized carbons (Fsp3) is 0.500. The summed E-state index contributed by atoms with van der Waals surface area (Å²) in [5, 5.41) is 14.5. The van der Waals surface area contributed by atoms with Crippen molar-refractivity contribution in [2.75, 3.05) is 6.79 Å². The number of nitrogens with zero attached hydrogens (tertiary/aromatic N) is 3. The predicted octanol–water partition coefficient (Wildman–Crippen LogP) is 1.05. The molecule has 0 aliphatic carbocycles. The smallest absolute Gasteiger partial charge is 0.358 e. The number of esters is 2. The summed E-state index contributed by atoms with van der Waals surface area (Å²) in [6.45, 7) is 6.27. The maximum Gasteiger partial charge on any atom is 0.358 e. The second-order valence-electron chi connectivity index (χ2n) is 9.29. The zero-order valence-electron chi connectivity index (χ0n) is 19.2. The van der Waals surface area contributed by atoms with Crippen molar-refractivity contribution in [3.05, 3.63) is 28.8 Å². The van der Waals surface area contributed by atoms with E-state index in [2.05, 4.69) is 10.3 Å². The first-order valence-corrected chi connectivity index (χ1v) is 11.6. The summed E-state index contributed by atoms with van der Waals surface area (Å²) >= 11 is 1.39. The molecule has 0 unspecified atom stereocenters. The number of aliphatic hydroxyl groups is 1. The molecule has 2 N–H and O–H groups in total. The van der Waals surface area contributed by atoms with E-state index in [4.69, 9.17) is 9.47 Å². The summed E-state index contributed by atoms with van der Waals surface area (Å²) in [7, 11) is 0. The number of β-lactam (4-membered cyclic amide) rings is 1. The van der Waals surface area contributed by atoms with Crippen molar-refractivity contribution in [1.29, 1.82) is 0 Å². The molecule has 2 amide bonds. The van der Waals surface area contributed by atoms with Crippen molar-refractivity contribution in [1.82, 2.24) is 19.6 Å². The average molecular weight is 491 g/mol. The van der Waals surface area contributed by atoms with Gasteiger partial charge >= 0.3 is 11.9 Å². The van der Waals surface area contributed by atoms with Crippen LogP contribution < -0.4 is 5.32 Å². The molecule has 34 heavy (non-hydrogen) atoms. The Morgan fingerprint density at radius 1 is 1.38 bits per heavy atom. The van der Waals surface area contributed by atoms with Gasteiger partial charge in [-0.1, -0.05) is 0 Å². The maximum atomic E-state index is 13.1. The Bertz CT molecular complexity index is 1190. The van der Waals surface area contributed by atoms with E-state index in [0.29, 0.717) is 29.8 Å². The van der Waals surface area contributed by atoms with Crippen LogP contribution in [0.3, 0.4) is 0 Å². The fourth-order valence-corrected chi connectivity index (χ4v) is 5.22. The second kappa shape index (κ2) is 8.84. The monoisotopic (exact) mass is 490 g/mol. The fourth-order valence-electron chi connectivity index (χ4n) is 4.22. The third-order valence-corrected chi connectivity index (χ3v) is 6.91. The molecule has 182 valence electrons. The van der Waals surface area contributed by atoms with Gasteiger partial charge in [-0.25, -0.2) is 9.78 Å². The van der Waals surface area contributed by atoms with Crippen molar-refractivity contribution in [2.24, 2.45) is 11.3 Å². The van der Waals surface area contributed by atoms with Crippen LogP contribution in [0.15, 0.2) is 17.4 Å². The van der Waals surface area contributed by atoms with Crippen LogP contribution in [0.25, 0.3) is 10.4 Å². The predicted molar refractivity (Wildman–Crippen MR) is 120 cm³/mol. The van der Waals surface area contributed by atoms with Gasteiger partial charge in [0, 0.05) is 11.0 Å². The number of amides is 2. The van der Waals surface area contributed by atoms with Gasteiger partial charge in [0.1, 0.15) is 16.9 Å². The van der Waals surface area contributed by atoms with Crippen LogP contribution >= 0.6 is 11.3 Å². The van der Waals surface area contributed by atoms with E-state index in [1.54, 1.807) is 38.4 Å². The Morgan fingerprint density at radius 2 is 2.12 bits per heavy atom. The normalized spacial score (nSPS) is 20.7. The van der Waals surface area contributed by atoms with E-state index in [0.717, 1.165) is 4.83 Å². The Balaban J connectivity index is 1.65. The maximum absolute atomic E-state index is 13.1. The topological polar surface area (TPSA) is 140 Å². The van der Waals surface area contributed by atoms with Crippen LogP contribution in [0.2, 0.25) is 0 Å². The molecule has 12 heteroatoms. The Labute approximate surface area is 199 Å². The summed E-state index contributed by atoms with van der Waals surface area (Å²) in [6, 6.07) is -0.378. The number of aliphatic hydroxyl groups excluding tert-OH is 1. The van der Waals surface area contributed by atoms with Crippen molar-refractivity contribution < 1.29 is 33.8 Å². The van der Waals surface area contributed by atoms with Crippen LogP contribution in [0.1, 0.15) is 45.5 Å². The van der Waals surface area contributed by atoms with E-state index in [1.165, 1.54) is 16.2 Å². The van der Waals surface area contributed by atoms with Crippen molar-refractivity contribution in [2.45, 2.75) is 52.8 Å². The van der Waals surface area contributed by atoms with E-state index < -0.39 is 36.2 Å². The number of ether oxygens (including phenoxy) is 2. The van der Waals surface area contributed by atoms with E-state index >= 15 is 0 Å². The number of rotatable bonds is 8. The molecule has 11 nitrogen and oxygen atoms in total. The first-order chi connectivity index (χ1) is 16.1. The highest BCUT2D eigenvalue weighted by molar-refractivity contribution is 7.15. The average Bonchev–Trinajstić information content (AvgIpc) is 3.43. The van der Waals surface area contributed by atoms with Crippen LogP contribution in [0.5, 0.6) is 0 Å². The quantitative estimate of drug-likeness (QED) is 0.242. The molecule has 0 spiro atoms. The molecule has 0 saturated carbocycles. The standard InChI is InChI=1S/C22H26N4O7S/c1-11(28)16-14-5-12(15-7-34-19-13(6-23-9-27)24-8-25(15)19)17(26(14)18(16)29)20(30)32-10-33-21(31)22(2,3)4/h7-9,11,14,16,28H,5-6,10H2,1-4H3,(H,23,27)/t11-,14-,16-/m1/s1. The molecule has 0 aromatic carbocycles. The van der Waals surface area contributed by atoms with Gasteiger partial charge in [-0.2, -0.15) is 0 Å². The van der Waals surface area contributed by atoms with Gasteiger partial charge in [0.15, 0.2) is 0 Å². The molecular formula is C22H26N4O7S. The van der Waals surface area contributed by atoms with Crippen LogP contribution in [-0.4, -0.2) is 62.6 Å². The third kappa shape index (κ3) is 3.96. The number of hydrogen-bond acceptors (Lipinski definition) is 9. The molecule has 0 bridgehead atoms. The second-order valence-corrected chi connectivity index (χ2v) is 10.1. The van der Waals surface area contributed by atoms with E-state index in [1.807, 2.05) is 5.38 Å². The highest BCUT2D eigenvalue weighted by atomic mass is 32.1. The highest BCUT2D eigenvalue weighted by Gasteiger charge is 2.57. The number of thiazole rings is 1. The summed E-state index contributed by atoms with van der Waals surface area (Å²) in [5.74, 6) is -2.30. The summed E-state index contributed by atoms with van der Waals surface area (Å²) in [4.78, 5) is 55.0. The summed E-state index contributed by atoms with van der Waals surface area (Å²) in [6.07, 6.45) is 1.66. The van der Waals surface area contributed by atoms with Crippen molar-refractivity contribution in [3.8, 4) is 0 Å². The van der Waals surface area contributed by atoms with Gasteiger partial charge in [0.05, 0.1) is 41.4 Å².